The Labute approximate surface area is 301 Å². The van der Waals surface area contributed by atoms with Crippen LogP contribution < -0.4 is 0 Å². The number of nitrogens with zero attached hydrogens (tertiary/aromatic N) is 1. The van der Waals surface area contributed by atoms with Gasteiger partial charge in [-0.1, -0.05) is 165 Å². The molecule has 1 fully saturated rings. The first-order valence-corrected chi connectivity index (χ1v) is 21.4. The second-order valence-corrected chi connectivity index (χ2v) is 15.4. The molecule has 2 heteroatoms. The Morgan fingerprint density at radius 2 is 0.938 bits per heavy atom. The van der Waals surface area contributed by atoms with Gasteiger partial charge in [-0.15, -0.1) is 0 Å². The summed E-state index contributed by atoms with van der Waals surface area (Å²) < 4.78 is 0. The topological polar surface area (TPSA) is 20.3 Å². The molecule has 0 aromatic carbocycles. The van der Waals surface area contributed by atoms with Crippen molar-refractivity contribution in [3.05, 3.63) is 48.6 Å². The van der Waals surface area contributed by atoms with E-state index in [1.807, 2.05) is 0 Å². The van der Waals surface area contributed by atoms with Gasteiger partial charge < -0.3 is 4.90 Å². The molecule has 1 saturated carbocycles. The third-order valence-corrected chi connectivity index (χ3v) is 10.7. The van der Waals surface area contributed by atoms with E-state index in [1.165, 1.54) is 161 Å². The SMILES string of the molecule is CCCCC/C=C\C/C=C\CCCCCCCCC(CCCCCCCC/C=C\C/C=C\CCCCC)CC(=O)C1CCC(N(C)C)C1. The molecule has 0 aliphatic heterocycles. The number of ketones is 1. The second kappa shape index (κ2) is 34.1. The van der Waals surface area contributed by atoms with E-state index < -0.39 is 0 Å². The zero-order valence-corrected chi connectivity index (χ0v) is 32.9. The molecule has 0 amide bonds. The van der Waals surface area contributed by atoms with E-state index in [1.54, 1.807) is 0 Å². The van der Waals surface area contributed by atoms with Crippen LogP contribution in [0.4, 0.5) is 0 Å². The van der Waals surface area contributed by atoms with Gasteiger partial charge in [-0.2, -0.15) is 0 Å². The summed E-state index contributed by atoms with van der Waals surface area (Å²) in [7, 11) is 4.36. The zero-order valence-electron chi connectivity index (χ0n) is 32.9. The molecule has 278 valence electrons. The fourth-order valence-corrected chi connectivity index (χ4v) is 7.36. The van der Waals surface area contributed by atoms with Gasteiger partial charge in [0, 0.05) is 18.4 Å². The first kappa shape index (κ1) is 44.6. The molecule has 0 heterocycles. The number of rotatable bonds is 34. The molecule has 0 aromatic heterocycles. The highest BCUT2D eigenvalue weighted by Gasteiger charge is 2.31. The van der Waals surface area contributed by atoms with E-state index in [0.717, 1.165) is 32.1 Å². The summed E-state index contributed by atoms with van der Waals surface area (Å²) >= 11 is 0. The van der Waals surface area contributed by atoms with E-state index in [2.05, 4.69) is 81.5 Å². The molecular formula is C46H83NO. The molecule has 1 aliphatic carbocycles. The third kappa shape index (κ3) is 27.4. The van der Waals surface area contributed by atoms with Crippen LogP contribution in [0.3, 0.4) is 0 Å². The highest BCUT2D eigenvalue weighted by atomic mass is 16.1. The summed E-state index contributed by atoms with van der Waals surface area (Å²) in [6.45, 7) is 4.54. The lowest BCUT2D eigenvalue weighted by atomic mass is 9.86. The number of carbonyl (C=O) groups excluding carboxylic acids is 1. The number of unbranched alkanes of at least 4 members (excludes halogenated alkanes) is 18. The van der Waals surface area contributed by atoms with Crippen molar-refractivity contribution in [2.24, 2.45) is 11.8 Å². The summed E-state index contributed by atoms with van der Waals surface area (Å²) in [5.74, 6) is 1.53. The monoisotopic (exact) mass is 666 g/mol. The van der Waals surface area contributed by atoms with Gasteiger partial charge in [0.2, 0.25) is 0 Å². The van der Waals surface area contributed by atoms with Crippen molar-refractivity contribution < 1.29 is 4.79 Å². The Balaban J connectivity index is 2.20. The van der Waals surface area contributed by atoms with Crippen LogP contribution in [0.15, 0.2) is 48.6 Å². The summed E-state index contributed by atoms with van der Waals surface area (Å²) in [4.78, 5) is 15.7. The molecule has 2 unspecified atom stereocenters. The minimum Gasteiger partial charge on any atom is -0.306 e. The van der Waals surface area contributed by atoms with Crippen LogP contribution >= 0.6 is 0 Å². The number of hydrogen-bond acceptors (Lipinski definition) is 2. The lowest BCUT2D eigenvalue weighted by molar-refractivity contribution is -0.123. The van der Waals surface area contributed by atoms with E-state index in [9.17, 15) is 4.79 Å². The van der Waals surface area contributed by atoms with Crippen LogP contribution in [-0.4, -0.2) is 30.8 Å². The molecule has 0 bridgehead atoms. The van der Waals surface area contributed by atoms with E-state index >= 15 is 0 Å². The summed E-state index contributed by atoms with van der Waals surface area (Å²) in [6.07, 6.45) is 57.0. The maximum atomic E-state index is 13.3. The molecule has 2 nitrogen and oxygen atoms in total. The number of carbonyl (C=O) groups is 1. The van der Waals surface area contributed by atoms with Crippen LogP contribution in [0, 0.1) is 11.8 Å². The fraction of sp³-hybridized carbons (Fsp3) is 0.804. The highest BCUT2D eigenvalue weighted by Crippen LogP contribution is 2.32. The summed E-state index contributed by atoms with van der Waals surface area (Å²) in [5.41, 5.74) is 0. The first-order chi connectivity index (χ1) is 23.6. The lowest BCUT2D eigenvalue weighted by Gasteiger charge is -2.20. The molecule has 1 aliphatic rings. The van der Waals surface area contributed by atoms with E-state index in [0.29, 0.717) is 23.7 Å². The number of Topliss-reactive ketones (excluding diaryl/α,β-unsaturated/α-hetero) is 1. The van der Waals surface area contributed by atoms with Crippen LogP contribution in [0.2, 0.25) is 0 Å². The summed E-state index contributed by atoms with van der Waals surface area (Å²) in [5, 5.41) is 0. The van der Waals surface area contributed by atoms with Crippen LogP contribution in [0.5, 0.6) is 0 Å². The average Bonchev–Trinajstić information content (AvgIpc) is 3.59. The highest BCUT2D eigenvalue weighted by molar-refractivity contribution is 5.81. The van der Waals surface area contributed by atoms with Gasteiger partial charge >= 0.3 is 0 Å². The molecule has 0 aromatic rings. The Hall–Kier alpha value is -1.41. The Morgan fingerprint density at radius 3 is 1.33 bits per heavy atom. The fourth-order valence-electron chi connectivity index (χ4n) is 7.36. The van der Waals surface area contributed by atoms with Crippen molar-refractivity contribution in [3.8, 4) is 0 Å². The Morgan fingerprint density at radius 1 is 0.542 bits per heavy atom. The van der Waals surface area contributed by atoms with E-state index in [-0.39, 0.29) is 0 Å². The van der Waals surface area contributed by atoms with Gasteiger partial charge in [0.15, 0.2) is 0 Å². The maximum Gasteiger partial charge on any atom is 0.136 e. The van der Waals surface area contributed by atoms with Crippen molar-refractivity contribution in [1.82, 2.24) is 4.90 Å². The van der Waals surface area contributed by atoms with Gasteiger partial charge in [0.25, 0.3) is 0 Å². The standard InChI is InChI=1S/C46H83NO/c1-5-7-9-11-13-15-17-19-21-23-25-27-29-31-33-35-37-43(41-46(48)44-39-40-45(42-44)47(3)4)38-36-34-32-30-28-26-24-22-20-18-16-14-12-10-8-6-2/h13-16,19-22,43-45H,5-12,17-18,23-42H2,1-4H3/b15-13-,16-14-,21-19-,22-20-. The minimum absolute atomic E-state index is 0.326. The van der Waals surface area contributed by atoms with Gasteiger partial charge in [-0.05, 0) is 103 Å². The number of allylic oxidation sites excluding steroid dienone is 8. The largest absolute Gasteiger partial charge is 0.306 e. The average molecular weight is 666 g/mol. The van der Waals surface area contributed by atoms with Crippen molar-refractivity contribution in [1.29, 1.82) is 0 Å². The quantitative estimate of drug-likeness (QED) is 0.0503. The smallest absolute Gasteiger partial charge is 0.136 e. The third-order valence-electron chi connectivity index (χ3n) is 10.7. The predicted molar refractivity (Wildman–Crippen MR) is 216 cm³/mol. The van der Waals surface area contributed by atoms with Crippen LogP contribution in [0.25, 0.3) is 0 Å². The van der Waals surface area contributed by atoms with Gasteiger partial charge in [0.1, 0.15) is 5.78 Å². The number of hydrogen-bond donors (Lipinski definition) is 0. The van der Waals surface area contributed by atoms with Crippen LogP contribution in [-0.2, 0) is 4.79 Å². The lowest BCUT2D eigenvalue weighted by Crippen LogP contribution is -2.26. The Kier molecular flexibility index (Phi) is 31.7. The van der Waals surface area contributed by atoms with Crippen LogP contribution in [0.1, 0.15) is 206 Å². The molecule has 0 saturated heterocycles. The molecule has 1 rings (SSSR count). The van der Waals surface area contributed by atoms with Crippen molar-refractivity contribution in [3.63, 3.8) is 0 Å². The first-order valence-electron chi connectivity index (χ1n) is 21.4. The minimum atomic E-state index is 0.326. The van der Waals surface area contributed by atoms with Crippen molar-refractivity contribution in [2.45, 2.75) is 213 Å². The van der Waals surface area contributed by atoms with Gasteiger partial charge in [-0.3, -0.25) is 4.79 Å². The molecule has 2 atom stereocenters. The summed E-state index contributed by atoms with van der Waals surface area (Å²) in [6, 6.07) is 0.609. The van der Waals surface area contributed by atoms with Crippen molar-refractivity contribution in [2.75, 3.05) is 14.1 Å². The molecular weight excluding hydrogens is 583 g/mol. The van der Waals surface area contributed by atoms with Gasteiger partial charge in [0.05, 0.1) is 0 Å². The van der Waals surface area contributed by atoms with E-state index in [4.69, 9.17) is 0 Å². The molecule has 0 N–H and O–H groups in total. The second-order valence-electron chi connectivity index (χ2n) is 15.4. The van der Waals surface area contributed by atoms with Gasteiger partial charge in [-0.25, -0.2) is 0 Å². The molecule has 48 heavy (non-hydrogen) atoms. The van der Waals surface area contributed by atoms with Crippen molar-refractivity contribution >= 4 is 5.78 Å². The normalized spacial score (nSPS) is 17.2. The predicted octanol–water partition coefficient (Wildman–Crippen LogP) is 14.7. The molecule has 0 radical (unpaired) electrons. The zero-order chi connectivity index (χ0) is 34.8. The maximum absolute atomic E-state index is 13.3. The molecule has 0 spiro atoms. The Bertz CT molecular complexity index is 772.